The second-order valence-electron chi connectivity index (χ2n) is 8.61. The molecule has 0 radical (unpaired) electrons. The lowest BCUT2D eigenvalue weighted by atomic mass is 9.71. The zero-order valence-electron chi connectivity index (χ0n) is 16.8. The first-order valence-electron chi connectivity index (χ1n) is 10.8. The fraction of sp³-hybridized carbons (Fsp3) is 0.520. The number of nitrogens with zero attached hydrogens (tertiary/aromatic N) is 2. The molecule has 27 heavy (non-hydrogen) atoms. The average Bonchev–Trinajstić information content (AvgIpc) is 2.75. The Morgan fingerprint density at radius 2 is 1.56 bits per heavy atom. The predicted molar refractivity (Wildman–Crippen MR) is 113 cm³/mol. The quantitative estimate of drug-likeness (QED) is 0.595. The summed E-state index contributed by atoms with van der Waals surface area (Å²) in [5.74, 6) is 3.69. The van der Waals surface area contributed by atoms with Crippen LogP contribution in [0.4, 0.5) is 0 Å². The van der Waals surface area contributed by atoms with Crippen molar-refractivity contribution in [1.82, 2.24) is 9.97 Å². The normalized spacial score (nSPS) is 25.9. The van der Waals surface area contributed by atoms with Gasteiger partial charge in [-0.3, -0.25) is 0 Å². The third kappa shape index (κ3) is 4.31. The van der Waals surface area contributed by atoms with Gasteiger partial charge in [0.2, 0.25) is 0 Å². The van der Waals surface area contributed by atoms with E-state index in [1.165, 1.54) is 68.1 Å². The minimum Gasteiger partial charge on any atom is -0.236 e. The van der Waals surface area contributed by atoms with Gasteiger partial charge >= 0.3 is 0 Å². The summed E-state index contributed by atoms with van der Waals surface area (Å²) in [5.41, 5.74) is 5.01. The first-order valence-corrected chi connectivity index (χ1v) is 10.8. The second-order valence-corrected chi connectivity index (χ2v) is 8.61. The predicted octanol–water partition coefficient (Wildman–Crippen LogP) is 6.85. The van der Waals surface area contributed by atoms with Crippen molar-refractivity contribution >= 4 is 5.57 Å². The highest BCUT2D eigenvalue weighted by Gasteiger charge is 2.28. The van der Waals surface area contributed by atoms with Crippen molar-refractivity contribution in [2.45, 2.75) is 65.2 Å². The molecule has 4 rings (SSSR count). The number of benzene rings is 1. The highest BCUT2D eigenvalue weighted by atomic mass is 14.9. The van der Waals surface area contributed by atoms with Crippen LogP contribution in [0.3, 0.4) is 0 Å². The van der Waals surface area contributed by atoms with E-state index >= 15 is 0 Å². The molecular formula is C25H32N2. The van der Waals surface area contributed by atoms with Gasteiger partial charge < -0.3 is 0 Å². The lowest BCUT2D eigenvalue weighted by Gasteiger charge is -2.35. The number of hydrogen-bond donors (Lipinski definition) is 0. The molecule has 0 spiro atoms. The molecule has 1 saturated carbocycles. The highest BCUT2D eigenvalue weighted by molar-refractivity contribution is 5.66. The van der Waals surface area contributed by atoms with Crippen molar-refractivity contribution < 1.29 is 0 Å². The molecule has 1 fully saturated rings. The molecule has 0 bridgehead atoms. The van der Waals surface area contributed by atoms with Crippen molar-refractivity contribution in [2.75, 3.05) is 0 Å². The van der Waals surface area contributed by atoms with Gasteiger partial charge in [0.05, 0.1) is 0 Å². The molecule has 0 amide bonds. The van der Waals surface area contributed by atoms with Crippen LogP contribution in [0, 0.1) is 24.7 Å². The molecule has 1 atom stereocenters. The molecule has 142 valence electrons. The van der Waals surface area contributed by atoms with Crippen molar-refractivity contribution in [2.24, 2.45) is 17.8 Å². The van der Waals surface area contributed by atoms with E-state index in [9.17, 15) is 0 Å². The van der Waals surface area contributed by atoms with Crippen LogP contribution < -0.4 is 0 Å². The lowest BCUT2D eigenvalue weighted by molar-refractivity contribution is 0.192. The number of aryl methyl sites for hydroxylation is 1. The van der Waals surface area contributed by atoms with Gasteiger partial charge in [-0.1, -0.05) is 62.1 Å². The van der Waals surface area contributed by atoms with Gasteiger partial charge in [-0.2, -0.15) is 0 Å². The molecule has 1 heterocycles. The van der Waals surface area contributed by atoms with Gasteiger partial charge in [0.25, 0.3) is 0 Å². The summed E-state index contributed by atoms with van der Waals surface area (Å²) in [4.78, 5) is 9.26. The van der Waals surface area contributed by atoms with E-state index in [0.29, 0.717) is 0 Å². The smallest absolute Gasteiger partial charge is 0.159 e. The molecule has 0 saturated heterocycles. The van der Waals surface area contributed by atoms with Crippen molar-refractivity contribution in [3.05, 3.63) is 53.9 Å². The Balaban J connectivity index is 1.38. The van der Waals surface area contributed by atoms with E-state index in [2.05, 4.69) is 54.2 Å². The maximum atomic E-state index is 4.63. The Kier molecular flexibility index (Phi) is 5.71. The molecule has 0 N–H and O–H groups in total. The van der Waals surface area contributed by atoms with Gasteiger partial charge in [-0.15, -0.1) is 0 Å². The highest BCUT2D eigenvalue weighted by Crippen LogP contribution is 2.41. The van der Waals surface area contributed by atoms with Crippen LogP contribution in [0.25, 0.3) is 17.0 Å². The van der Waals surface area contributed by atoms with Gasteiger partial charge in [0, 0.05) is 23.5 Å². The van der Waals surface area contributed by atoms with E-state index < -0.39 is 0 Å². The van der Waals surface area contributed by atoms with Crippen LogP contribution in [0.1, 0.15) is 69.4 Å². The third-order valence-electron chi connectivity index (χ3n) is 6.92. The SMILES string of the molecule is CCC1CCC(C2CC=C(c3cnc(-c4ccc(C)cc4)nc3)CC2)CC1. The Morgan fingerprint density at radius 3 is 2.15 bits per heavy atom. The largest absolute Gasteiger partial charge is 0.236 e. The van der Waals surface area contributed by atoms with E-state index in [4.69, 9.17) is 0 Å². The van der Waals surface area contributed by atoms with E-state index in [1.54, 1.807) is 0 Å². The Hall–Kier alpha value is -1.96. The summed E-state index contributed by atoms with van der Waals surface area (Å²) in [6.07, 6.45) is 17.5. The molecule has 2 aromatic rings. The van der Waals surface area contributed by atoms with E-state index in [1.807, 2.05) is 12.4 Å². The molecule has 2 nitrogen and oxygen atoms in total. The first-order chi connectivity index (χ1) is 13.2. The van der Waals surface area contributed by atoms with Gasteiger partial charge in [-0.25, -0.2) is 9.97 Å². The maximum absolute atomic E-state index is 4.63. The first kappa shape index (κ1) is 18.4. The second kappa shape index (κ2) is 8.37. The zero-order chi connectivity index (χ0) is 18.6. The van der Waals surface area contributed by atoms with Crippen LogP contribution in [0.2, 0.25) is 0 Å². The monoisotopic (exact) mass is 360 g/mol. The number of allylic oxidation sites excluding steroid dienone is 2. The fourth-order valence-corrected chi connectivity index (χ4v) is 4.96. The summed E-state index contributed by atoms with van der Waals surface area (Å²) in [6.45, 7) is 4.46. The fourth-order valence-electron chi connectivity index (χ4n) is 4.96. The van der Waals surface area contributed by atoms with Crippen LogP contribution in [-0.4, -0.2) is 9.97 Å². The topological polar surface area (TPSA) is 25.8 Å². The standard InChI is InChI=1S/C25H32N2/c1-3-19-6-10-20(11-7-19)21-12-14-22(15-13-21)24-16-26-25(27-17-24)23-8-4-18(2)5-9-23/h4-5,8-9,14,16-17,19-21H,3,6-7,10-13,15H2,1-2H3. The zero-order valence-corrected chi connectivity index (χ0v) is 16.8. The van der Waals surface area contributed by atoms with Crippen molar-refractivity contribution in [1.29, 1.82) is 0 Å². The minimum absolute atomic E-state index is 0.820. The summed E-state index contributed by atoms with van der Waals surface area (Å²) >= 11 is 0. The number of rotatable bonds is 4. The molecule has 1 aromatic carbocycles. The molecule has 0 aliphatic heterocycles. The molecule has 1 unspecified atom stereocenters. The lowest BCUT2D eigenvalue weighted by Crippen LogP contribution is -2.23. The van der Waals surface area contributed by atoms with Crippen molar-refractivity contribution in [3.63, 3.8) is 0 Å². The number of hydrogen-bond acceptors (Lipinski definition) is 2. The summed E-state index contributed by atoms with van der Waals surface area (Å²) in [6, 6.07) is 8.43. The third-order valence-corrected chi connectivity index (χ3v) is 6.92. The van der Waals surface area contributed by atoms with Crippen LogP contribution in [-0.2, 0) is 0 Å². The summed E-state index contributed by atoms with van der Waals surface area (Å²) < 4.78 is 0. The molecule has 2 heteroatoms. The van der Waals surface area contributed by atoms with Gasteiger partial charge in [0.15, 0.2) is 5.82 Å². The molecular weight excluding hydrogens is 328 g/mol. The van der Waals surface area contributed by atoms with Crippen LogP contribution in [0.5, 0.6) is 0 Å². The van der Waals surface area contributed by atoms with Crippen LogP contribution >= 0.6 is 0 Å². The van der Waals surface area contributed by atoms with Gasteiger partial charge in [0.1, 0.15) is 0 Å². The van der Waals surface area contributed by atoms with Crippen LogP contribution in [0.15, 0.2) is 42.7 Å². The average molecular weight is 361 g/mol. The molecule has 2 aliphatic carbocycles. The summed E-state index contributed by atoms with van der Waals surface area (Å²) in [7, 11) is 0. The molecule has 1 aromatic heterocycles. The van der Waals surface area contributed by atoms with Gasteiger partial charge in [-0.05, 0) is 62.4 Å². The minimum atomic E-state index is 0.820. The van der Waals surface area contributed by atoms with Crippen molar-refractivity contribution in [3.8, 4) is 11.4 Å². The maximum Gasteiger partial charge on any atom is 0.159 e. The number of aromatic nitrogens is 2. The Bertz CT molecular complexity index is 765. The Labute approximate surface area is 164 Å². The molecule has 2 aliphatic rings. The van der Waals surface area contributed by atoms with E-state index in [-0.39, 0.29) is 0 Å². The van der Waals surface area contributed by atoms with E-state index in [0.717, 1.165) is 29.1 Å². The Morgan fingerprint density at radius 1 is 0.852 bits per heavy atom. The summed E-state index contributed by atoms with van der Waals surface area (Å²) in [5, 5.41) is 0.